The molecular formula is C11H17N5O3. The lowest BCUT2D eigenvalue weighted by atomic mass is 10.3. The summed E-state index contributed by atoms with van der Waals surface area (Å²) in [5.74, 6) is -0.843. The van der Waals surface area contributed by atoms with Crippen LogP contribution in [0, 0.1) is 0 Å². The fraction of sp³-hybridized carbons (Fsp3) is 0.636. The van der Waals surface area contributed by atoms with Crippen molar-refractivity contribution in [1.29, 1.82) is 0 Å². The SMILES string of the molecule is O=C(O)CN1CCCN(C(=O)Cn2cncn2)CC1. The van der Waals surface area contributed by atoms with E-state index in [9.17, 15) is 9.59 Å². The summed E-state index contributed by atoms with van der Waals surface area (Å²) >= 11 is 0. The highest BCUT2D eigenvalue weighted by atomic mass is 16.4. The first-order chi connectivity index (χ1) is 9.15. The van der Waals surface area contributed by atoms with Gasteiger partial charge in [-0.25, -0.2) is 9.67 Å². The molecule has 0 bridgehead atoms. The lowest BCUT2D eigenvalue weighted by Crippen LogP contribution is -2.38. The van der Waals surface area contributed by atoms with Crippen LogP contribution in [0.2, 0.25) is 0 Å². The average molecular weight is 267 g/mol. The molecule has 8 nitrogen and oxygen atoms in total. The number of rotatable bonds is 4. The van der Waals surface area contributed by atoms with E-state index in [1.165, 1.54) is 17.3 Å². The Bertz CT molecular complexity index is 434. The summed E-state index contributed by atoms with van der Waals surface area (Å²) < 4.78 is 1.49. The van der Waals surface area contributed by atoms with Crippen LogP contribution in [0.3, 0.4) is 0 Å². The predicted molar refractivity (Wildman–Crippen MR) is 65.3 cm³/mol. The summed E-state index contributed by atoms with van der Waals surface area (Å²) in [5, 5.41) is 12.7. The van der Waals surface area contributed by atoms with E-state index in [-0.39, 0.29) is 19.0 Å². The molecule has 0 aromatic carbocycles. The van der Waals surface area contributed by atoms with Gasteiger partial charge in [-0.15, -0.1) is 0 Å². The Hall–Kier alpha value is -1.96. The molecule has 1 aromatic heterocycles. The van der Waals surface area contributed by atoms with Crippen LogP contribution in [0.1, 0.15) is 6.42 Å². The minimum Gasteiger partial charge on any atom is -0.480 e. The molecule has 2 heterocycles. The smallest absolute Gasteiger partial charge is 0.317 e. The molecule has 0 atom stereocenters. The van der Waals surface area contributed by atoms with Crippen molar-refractivity contribution in [1.82, 2.24) is 24.6 Å². The van der Waals surface area contributed by atoms with Crippen molar-refractivity contribution in [2.45, 2.75) is 13.0 Å². The molecular weight excluding hydrogens is 250 g/mol. The molecule has 1 aliphatic rings. The fourth-order valence-electron chi connectivity index (χ4n) is 2.12. The summed E-state index contributed by atoms with van der Waals surface area (Å²) in [6, 6.07) is 0. The molecule has 2 rings (SSSR count). The van der Waals surface area contributed by atoms with Gasteiger partial charge in [0.15, 0.2) is 0 Å². The normalized spacial score (nSPS) is 17.2. The van der Waals surface area contributed by atoms with Gasteiger partial charge >= 0.3 is 5.97 Å². The number of hydrogen-bond donors (Lipinski definition) is 1. The van der Waals surface area contributed by atoms with E-state index in [0.717, 1.165) is 6.42 Å². The lowest BCUT2D eigenvalue weighted by Gasteiger charge is -2.21. The number of aliphatic carboxylic acids is 1. The van der Waals surface area contributed by atoms with Gasteiger partial charge in [0.25, 0.3) is 0 Å². The first-order valence-corrected chi connectivity index (χ1v) is 6.19. The monoisotopic (exact) mass is 267 g/mol. The Morgan fingerprint density at radius 2 is 2.00 bits per heavy atom. The van der Waals surface area contributed by atoms with Crippen molar-refractivity contribution in [2.24, 2.45) is 0 Å². The molecule has 1 aliphatic heterocycles. The van der Waals surface area contributed by atoms with E-state index < -0.39 is 5.97 Å². The van der Waals surface area contributed by atoms with Crippen molar-refractivity contribution >= 4 is 11.9 Å². The van der Waals surface area contributed by atoms with E-state index >= 15 is 0 Å². The van der Waals surface area contributed by atoms with Crippen molar-refractivity contribution in [3.05, 3.63) is 12.7 Å². The van der Waals surface area contributed by atoms with E-state index in [1.807, 2.05) is 4.90 Å². The topological polar surface area (TPSA) is 91.6 Å². The Labute approximate surface area is 110 Å². The van der Waals surface area contributed by atoms with Crippen LogP contribution >= 0.6 is 0 Å². The maximum Gasteiger partial charge on any atom is 0.317 e. The molecule has 1 amide bonds. The van der Waals surface area contributed by atoms with Gasteiger partial charge in [-0.05, 0) is 6.42 Å². The maximum absolute atomic E-state index is 12.0. The molecule has 19 heavy (non-hydrogen) atoms. The van der Waals surface area contributed by atoms with Gasteiger partial charge < -0.3 is 10.0 Å². The highest BCUT2D eigenvalue weighted by Crippen LogP contribution is 2.04. The zero-order chi connectivity index (χ0) is 13.7. The molecule has 1 N–H and O–H groups in total. The largest absolute Gasteiger partial charge is 0.480 e. The van der Waals surface area contributed by atoms with Crippen LogP contribution in [0.15, 0.2) is 12.7 Å². The van der Waals surface area contributed by atoms with Gasteiger partial charge in [0.05, 0.1) is 6.54 Å². The Morgan fingerprint density at radius 1 is 1.16 bits per heavy atom. The van der Waals surface area contributed by atoms with Gasteiger partial charge in [-0.3, -0.25) is 14.5 Å². The van der Waals surface area contributed by atoms with E-state index in [2.05, 4.69) is 10.1 Å². The maximum atomic E-state index is 12.0. The van der Waals surface area contributed by atoms with Crippen molar-refractivity contribution in [3.8, 4) is 0 Å². The highest BCUT2D eigenvalue weighted by Gasteiger charge is 2.20. The third kappa shape index (κ3) is 4.02. The minimum atomic E-state index is -0.831. The van der Waals surface area contributed by atoms with Gasteiger partial charge in [-0.2, -0.15) is 5.10 Å². The lowest BCUT2D eigenvalue weighted by molar-refractivity contribution is -0.138. The third-order valence-corrected chi connectivity index (χ3v) is 3.06. The molecule has 1 aromatic rings. The van der Waals surface area contributed by atoms with Crippen molar-refractivity contribution in [3.63, 3.8) is 0 Å². The number of nitrogens with zero attached hydrogens (tertiary/aromatic N) is 5. The van der Waals surface area contributed by atoms with Gasteiger partial charge in [0, 0.05) is 26.2 Å². The number of carbonyl (C=O) groups excluding carboxylic acids is 1. The number of carbonyl (C=O) groups is 2. The standard InChI is InChI=1S/C11H17N5O3/c17-10(6-16-9-12-8-13-16)15-3-1-2-14(4-5-15)7-11(18)19/h8-9H,1-7H2,(H,18,19). The molecule has 104 valence electrons. The number of hydrogen-bond acceptors (Lipinski definition) is 5. The second kappa shape index (κ2) is 6.28. The Kier molecular flexibility index (Phi) is 4.45. The second-order valence-corrected chi connectivity index (χ2v) is 4.50. The summed E-state index contributed by atoms with van der Waals surface area (Å²) in [6.07, 6.45) is 3.69. The quantitative estimate of drug-likeness (QED) is 0.744. The van der Waals surface area contributed by atoms with Crippen LogP contribution < -0.4 is 0 Å². The number of amides is 1. The average Bonchev–Trinajstić information content (AvgIpc) is 2.74. The molecule has 0 radical (unpaired) electrons. The van der Waals surface area contributed by atoms with Crippen LogP contribution in [-0.2, 0) is 16.1 Å². The molecule has 1 saturated heterocycles. The molecule has 0 saturated carbocycles. The molecule has 8 heteroatoms. The Morgan fingerprint density at radius 3 is 2.68 bits per heavy atom. The number of aromatic nitrogens is 3. The van der Waals surface area contributed by atoms with Crippen LogP contribution in [0.4, 0.5) is 0 Å². The summed E-state index contributed by atoms with van der Waals surface area (Å²) in [7, 11) is 0. The predicted octanol–water partition coefficient (Wildman–Crippen LogP) is -1.10. The van der Waals surface area contributed by atoms with Gasteiger partial charge in [-0.1, -0.05) is 0 Å². The van der Waals surface area contributed by atoms with E-state index in [4.69, 9.17) is 5.11 Å². The van der Waals surface area contributed by atoms with E-state index in [0.29, 0.717) is 26.2 Å². The van der Waals surface area contributed by atoms with Crippen molar-refractivity contribution in [2.75, 3.05) is 32.7 Å². The van der Waals surface area contributed by atoms with Crippen LogP contribution in [0.5, 0.6) is 0 Å². The zero-order valence-corrected chi connectivity index (χ0v) is 10.6. The van der Waals surface area contributed by atoms with E-state index in [1.54, 1.807) is 4.90 Å². The zero-order valence-electron chi connectivity index (χ0n) is 10.6. The van der Waals surface area contributed by atoms with Crippen LogP contribution in [0.25, 0.3) is 0 Å². The summed E-state index contributed by atoms with van der Waals surface area (Å²) in [4.78, 5) is 30.1. The highest BCUT2D eigenvalue weighted by molar-refractivity contribution is 5.76. The van der Waals surface area contributed by atoms with Crippen LogP contribution in [-0.4, -0.2) is 74.3 Å². The molecule has 0 unspecified atom stereocenters. The van der Waals surface area contributed by atoms with Gasteiger partial charge in [0.1, 0.15) is 19.2 Å². The molecule has 0 spiro atoms. The number of carboxylic acid groups (broad SMARTS) is 1. The molecule has 1 fully saturated rings. The summed E-state index contributed by atoms with van der Waals surface area (Å²) in [6.45, 7) is 2.73. The van der Waals surface area contributed by atoms with Gasteiger partial charge in [0.2, 0.25) is 5.91 Å². The minimum absolute atomic E-state index is 0.0114. The first-order valence-electron chi connectivity index (χ1n) is 6.19. The molecule has 0 aliphatic carbocycles. The number of carboxylic acids is 1. The fourth-order valence-corrected chi connectivity index (χ4v) is 2.12. The van der Waals surface area contributed by atoms with Crippen molar-refractivity contribution < 1.29 is 14.7 Å². The second-order valence-electron chi connectivity index (χ2n) is 4.50. The Balaban J connectivity index is 1.84. The first kappa shape index (κ1) is 13.5. The third-order valence-electron chi connectivity index (χ3n) is 3.06. The summed E-state index contributed by atoms with van der Waals surface area (Å²) in [5.41, 5.74) is 0.